The summed E-state index contributed by atoms with van der Waals surface area (Å²) < 4.78 is 0. The molecule has 0 amide bonds. The maximum Gasteiger partial charge on any atom is 0.335 e. The number of aromatic carboxylic acids is 1. The Morgan fingerprint density at radius 3 is 2.88 bits per heavy atom. The molecule has 1 aromatic heterocycles. The molecule has 25 heavy (non-hydrogen) atoms. The molecule has 0 bridgehead atoms. The van der Waals surface area contributed by atoms with Gasteiger partial charge < -0.3 is 10.0 Å². The lowest BCUT2D eigenvalue weighted by Crippen LogP contribution is -2.22. The molecule has 1 saturated heterocycles. The summed E-state index contributed by atoms with van der Waals surface area (Å²) >= 11 is 0. The molecule has 5 heteroatoms. The molecule has 128 valence electrons. The van der Waals surface area contributed by atoms with Gasteiger partial charge in [-0.2, -0.15) is 5.26 Å². The van der Waals surface area contributed by atoms with Crippen molar-refractivity contribution in [3.63, 3.8) is 0 Å². The number of pyridine rings is 1. The Morgan fingerprint density at radius 2 is 2.20 bits per heavy atom. The van der Waals surface area contributed by atoms with E-state index in [1.165, 1.54) is 0 Å². The highest BCUT2D eigenvalue weighted by atomic mass is 16.4. The first-order valence-corrected chi connectivity index (χ1v) is 8.43. The highest BCUT2D eigenvalue weighted by molar-refractivity contribution is 5.87. The molecule has 1 aromatic carbocycles. The van der Waals surface area contributed by atoms with Crippen molar-refractivity contribution in [2.45, 2.75) is 26.7 Å². The monoisotopic (exact) mass is 335 g/mol. The van der Waals surface area contributed by atoms with E-state index in [0.29, 0.717) is 17.0 Å². The lowest BCUT2D eigenvalue weighted by molar-refractivity contribution is 0.0696. The van der Waals surface area contributed by atoms with Gasteiger partial charge in [-0.3, -0.25) is 0 Å². The predicted molar refractivity (Wildman–Crippen MR) is 95.9 cm³/mol. The smallest absolute Gasteiger partial charge is 0.335 e. The number of carboxylic acid groups (broad SMARTS) is 1. The molecule has 0 spiro atoms. The molecular formula is C20H21N3O2. The standard InChI is InChI=1S/C20H21N3O2/c1-13-8-19(22-14(2)18(13)11-21)23-7-6-16(12-23)9-15-4-3-5-17(10-15)20(24)25/h3-5,8,10,16H,6-7,9,12H2,1-2H3,(H,24,25). The van der Waals surface area contributed by atoms with Gasteiger partial charge in [0.15, 0.2) is 0 Å². The molecule has 1 atom stereocenters. The molecule has 1 aliphatic heterocycles. The third kappa shape index (κ3) is 3.63. The highest BCUT2D eigenvalue weighted by Crippen LogP contribution is 2.27. The Kier molecular flexibility index (Phi) is 4.71. The van der Waals surface area contributed by atoms with E-state index in [1.54, 1.807) is 18.2 Å². The minimum absolute atomic E-state index is 0.340. The Bertz CT molecular complexity index is 831. The van der Waals surface area contributed by atoms with Crippen LogP contribution in [0.3, 0.4) is 0 Å². The van der Waals surface area contributed by atoms with Crippen LogP contribution in [0, 0.1) is 31.1 Å². The average molecular weight is 335 g/mol. The highest BCUT2D eigenvalue weighted by Gasteiger charge is 2.24. The molecule has 5 nitrogen and oxygen atoms in total. The largest absolute Gasteiger partial charge is 0.478 e. The zero-order valence-electron chi connectivity index (χ0n) is 14.5. The van der Waals surface area contributed by atoms with E-state index in [2.05, 4.69) is 16.0 Å². The van der Waals surface area contributed by atoms with Crippen molar-refractivity contribution in [3.05, 3.63) is 58.3 Å². The van der Waals surface area contributed by atoms with E-state index in [0.717, 1.165) is 48.6 Å². The van der Waals surface area contributed by atoms with Gasteiger partial charge in [-0.15, -0.1) is 0 Å². The van der Waals surface area contributed by atoms with Gasteiger partial charge in [0.05, 0.1) is 16.8 Å². The number of nitriles is 1. The number of hydrogen-bond donors (Lipinski definition) is 1. The van der Waals surface area contributed by atoms with Crippen LogP contribution in [0.25, 0.3) is 0 Å². The molecule has 3 rings (SSSR count). The van der Waals surface area contributed by atoms with E-state index < -0.39 is 5.97 Å². The van der Waals surface area contributed by atoms with Crippen LogP contribution in [0.2, 0.25) is 0 Å². The van der Waals surface area contributed by atoms with Crippen LogP contribution in [0.15, 0.2) is 30.3 Å². The van der Waals surface area contributed by atoms with Crippen molar-refractivity contribution < 1.29 is 9.90 Å². The first kappa shape index (κ1) is 17.0. The van der Waals surface area contributed by atoms with E-state index >= 15 is 0 Å². The third-order valence-electron chi connectivity index (χ3n) is 4.80. The van der Waals surface area contributed by atoms with Crippen molar-refractivity contribution in [2.75, 3.05) is 18.0 Å². The lowest BCUT2D eigenvalue weighted by Gasteiger charge is -2.19. The van der Waals surface area contributed by atoms with Crippen LogP contribution in [-0.4, -0.2) is 29.1 Å². The number of carboxylic acids is 1. The summed E-state index contributed by atoms with van der Waals surface area (Å²) in [5.41, 5.74) is 3.79. The van der Waals surface area contributed by atoms with Crippen LogP contribution in [-0.2, 0) is 6.42 Å². The maximum absolute atomic E-state index is 11.1. The second-order valence-corrected chi connectivity index (χ2v) is 6.68. The minimum Gasteiger partial charge on any atom is -0.478 e. The van der Waals surface area contributed by atoms with Gasteiger partial charge >= 0.3 is 5.97 Å². The molecule has 1 fully saturated rings. The van der Waals surface area contributed by atoms with Crippen LogP contribution in [0.4, 0.5) is 5.82 Å². The zero-order chi connectivity index (χ0) is 18.0. The zero-order valence-corrected chi connectivity index (χ0v) is 14.5. The number of hydrogen-bond acceptors (Lipinski definition) is 4. The predicted octanol–water partition coefficient (Wildman–Crippen LogP) is 3.34. The first-order chi connectivity index (χ1) is 12.0. The average Bonchev–Trinajstić information content (AvgIpc) is 3.03. The van der Waals surface area contributed by atoms with Crippen LogP contribution in [0.1, 0.15) is 39.2 Å². The molecule has 2 aromatic rings. The molecule has 1 unspecified atom stereocenters. The SMILES string of the molecule is Cc1cc(N2CCC(Cc3cccc(C(=O)O)c3)C2)nc(C)c1C#N. The molecule has 1 aliphatic rings. The molecular weight excluding hydrogens is 314 g/mol. The quantitative estimate of drug-likeness (QED) is 0.927. The summed E-state index contributed by atoms with van der Waals surface area (Å²) in [6, 6.07) is 11.4. The van der Waals surface area contributed by atoms with E-state index in [9.17, 15) is 10.1 Å². The minimum atomic E-state index is -0.886. The molecule has 0 aliphatic carbocycles. The number of rotatable bonds is 4. The molecule has 0 radical (unpaired) electrons. The van der Waals surface area contributed by atoms with E-state index in [4.69, 9.17) is 5.11 Å². The summed E-state index contributed by atoms with van der Waals surface area (Å²) in [5.74, 6) is 0.514. The van der Waals surface area contributed by atoms with E-state index in [-0.39, 0.29) is 0 Å². The Labute approximate surface area is 147 Å². The van der Waals surface area contributed by atoms with Crippen LogP contribution in [0.5, 0.6) is 0 Å². The molecule has 2 heterocycles. The number of anilines is 1. The summed E-state index contributed by atoms with van der Waals surface area (Å²) in [4.78, 5) is 18.0. The topological polar surface area (TPSA) is 77.2 Å². The van der Waals surface area contributed by atoms with Gasteiger partial charge in [0.1, 0.15) is 11.9 Å². The summed E-state index contributed by atoms with van der Waals surface area (Å²) in [7, 11) is 0. The van der Waals surface area contributed by atoms with Crippen LogP contribution < -0.4 is 4.90 Å². The van der Waals surface area contributed by atoms with Gasteiger partial charge in [0, 0.05) is 13.1 Å². The third-order valence-corrected chi connectivity index (χ3v) is 4.80. The Balaban J connectivity index is 1.71. The Hall–Kier alpha value is -2.87. The van der Waals surface area contributed by atoms with Crippen molar-refractivity contribution >= 4 is 11.8 Å². The summed E-state index contributed by atoms with van der Waals surface area (Å²) in [6.45, 7) is 5.65. The van der Waals surface area contributed by atoms with Gasteiger partial charge in [0.2, 0.25) is 0 Å². The second-order valence-electron chi connectivity index (χ2n) is 6.68. The number of benzene rings is 1. The fourth-order valence-electron chi connectivity index (χ4n) is 3.51. The number of nitrogens with zero attached hydrogens (tertiary/aromatic N) is 3. The number of aromatic nitrogens is 1. The summed E-state index contributed by atoms with van der Waals surface area (Å²) in [5, 5.41) is 18.3. The van der Waals surface area contributed by atoms with Gasteiger partial charge in [0.25, 0.3) is 0 Å². The summed E-state index contributed by atoms with van der Waals surface area (Å²) in [6.07, 6.45) is 1.92. The maximum atomic E-state index is 11.1. The van der Waals surface area contributed by atoms with E-state index in [1.807, 2.05) is 26.0 Å². The number of carbonyl (C=O) groups is 1. The first-order valence-electron chi connectivity index (χ1n) is 8.43. The second kappa shape index (κ2) is 6.94. The molecule has 0 saturated carbocycles. The van der Waals surface area contributed by atoms with Crippen molar-refractivity contribution in [1.29, 1.82) is 5.26 Å². The molecule has 1 N–H and O–H groups in total. The fraction of sp³-hybridized carbons (Fsp3) is 0.350. The van der Waals surface area contributed by atoms with Gasteiger partial charge in [-0.05, 0) is 61.9 Å². The fourth-order valence-corrected chi connectivity index (χ4v) is 3.51. The van der Waals surface area contributed by atoms with Crippen molar-refractivity contribution in [3.8, 4) is 6.07 Å². The van der Waals surface area contributed by atoms with Gasteiger partial charge in [-0.25, -0.2) is 9.78 Å². The Morgan fingerprint density at radius 1 is 1.40 bits per heavy atom. The van der Waals surface area contributed by atoms with Crippen molar-refractivity contribution in [2.24, 2.45) is 5.92 Å². The lowest BCUT2D eigenvalue weighted by atomic mass is 9.97. The number of aryl methyl sites for hydroxylation is 2. The van der Waals surface area contributed by atoms with Crippen LogP contribution >= 0.6 is 0 Å². The normalized spacial score (nSPS) is 16.7. The van der Waals surface area contributed by atoms with Gasteiger partial charge in [-0.1, -0.05) is 12.1 Å². The van der Waals surface area contributed by atoms with Crippen molar-refractivity contribution in [1.82, 2.24) is 4.98 Å².